The Hall–Kier alpha value is -1.97. The Morgan fingerprint density at radius 2 is 1.92 bits per heavy atom. The lowest BCUT2D eigenvalue weighted by atomic mass is 10.1. The second kappa shape index (κ2) is 3.18. The number of nitrogens with one attached hydrogen (secondary N) is 1. The third-order valence-electron chi connectivity index (χ3n) is 1.73. The zero-order chi connectivity index (χ0) is 9.10. The van der Waals surface area contributed by atoms with Gasteiger partial charge in [-0.15, -0.1) is 5.10 Å². The molecule has 0 aliphatic heterocycles. The molecule has 1 aromatic carbocycles. The van der Waals surface area contributed by atoms with Crippen LogP contribution in [-0.2, 0) is 0 Å². The van der Waals surface area contributed by atoms with Gasteiger partial charge in [0.1, 0.15) is 0 Å². The van der Waals surface area contributed by atoms with E-state index in [0.717, 1.165) is 5.56 Å². The molecule has 0 amide bonds. The summed E-state index contributed by atoms with van der Waals surface area (Å²) in [5.74, 6) is 0. The van der Waals surface area contributed by atoms with Gasteiger partial charge >= 0.3 is 0 Å². The molecule has 4 nitrogen and oxygen atoms in total. The van der Waals surface area contributed by atoms with Crippen molar-refractivity contribution < 1.29 is 0 Å². The molecule has 0 radical (unpaired) electrons. The number of aromatic amines is 1. The van der Waals surface area contributed by atoms with Crippen LogP contribution in [0, 0.1) is 0 Å². The molecule has 4 heteroatoms. The van der Waals surface area contributed by atoms with Crippen molar-refractivity contribution in [2.75, 3.05) is 0 Å². The Labute approximate surface area is 74.2 Å². The van der Waals surface area contributed by atoms with Crippen molar-refractivity contribution >= 4 is 0 Å². The van der Waals surface area contributed by atoms with Crippen molar-refractivity contribution in [1.82, 2.24) is 15.4 Å². The predicted octanol–water partition coefficient (Wildman–Crippen LogP) is 0.832. The molecular weight excluding hydrogens is 166 g/mol. The first-order valence-corrected chi connectivity index (χ1v) is 3.84. The summed E-state index contributed by atoms with van der Waals surface area (Å²) in [5, 5.41) is 9.28. The van der Waals surface area contributed by atoms with Crippen LogP contribution in [0.15, 0.2) is 41.3 Å². The Bertz CT molecular complexity index is 450. The van der Waals surface area contributed by atoms with E-state index in [4.69, 9.17) is 0 Å². The van der Waals surface area contributed by atoms with Crippen LogP contribution in [0.5, 0.6) is 0 Å². The maximum Gasteiger partial charge on any atom is 0.274 e. The lowest BCUT2D eigenvalue weighted by Crippen LogP contribution is -2.11. The van der Waals surface area contributed by atoms with E-state index in [1.807, 2.05) is 30.3 Å². The lowest BCUT2D eigenvalue weighted by Gasteiger charge is -1.96. The summed E-state index contributed by atoms with van der Waals surface area (Å²) in [6.07, 6.45) is 1.45. The summed E-state index contributed by atoms with van der Waals surface area (Å²) in [7, 11) is 0. The molecular formula is C9H7N3O. The lowest BCUT2D eigenvalue weighted by molar-refractivity contribution is 0.844. The molecule has 0 aliphatic rings. The van der Waals surface area contributed by atoms with E-state index in [1.165, 1.54) is 6.20 Å². The number of hydrogen-bond donors (Lipinski definition) is 1. The fraction of sp³-hybridized carbons (Fsp3) is 0. The van der Waals surface area contributed by atoms with Gasteiger partial charge in [-0.25, -0.2) is 5.10 Å². The van der Waals surface area contributed by atoms with Gasteiger partial charge < -0.3 is 0 Å². The summed E-state index contributed by atoms with van der Waals surface area (Å²) in [5.41, 5.74) is 1.16. The normalized spacial score (nSPS) is 9.85. The van der Waals surface area contributed by atoms with Gasteiger partial charge in [-0.1, -0.05) is 35.5 Å². The van der Waals surface area contributed by atoms with Crippen molar-refractivity contribution in [3.05, 3.63) is 46.9 Å². The highest BCUT2D eigenvalue weighted by Crippen LogP contribution is 2.11. The van der Waals surface area contributed by atoms with Crippen molar-refractivity contribution in [3.8, 4) is 11.1 Å². The van der Waals surface area contributed by atoms with Crippen LogP contribution in [0.4, 0.5) is 0 Å². The molecule has 1 aromatic heterocycles. The first-order chi connectivity index (χ1) is 6.38. The van der Waals surface area contributed by atoms with E-state index < -0.39 is 0 Å². The number of H-pyrrole nitrogens is 1. The monoisotopic (exact) mass is 173 g/mol. The minimum absolute atomic E-state index is 0.221. The van der Waals surface area contributed by atoms with Gasteiger partial charge in [0, 0.05) is 0 Å². The van der Waals surface area contributed by atoms with Crippen LogP contribution < -0.4 is 5.56 Å². The van der Waals surface area contributed by atoms with E-state index >= 15 is 0 Å². The predicted molar refractivity (Wildman–Crippen MR) is 48.1 cm³/mol. The highest BCUT2D eigenvalue weighted by molar-refractivity contribution is 5.60. The maximum absolute atomic E-state index is 11.3. The molecule has 0 spiro atoms. The van der Waals surface area contributed by atoms with Crippen molar-refractivity contribution in [2.24, 2.45) is 0 Å². The minimum Gasteiger partial charge on any atom is -0.267 e. The molecule has 13 heavy (non-hydrogen) atoms. The van der Waals surface area contributed by atoms with E-state index in [0.29, 0.717) is 5.56 Å². The van der Waals surface area contributed by atoms with Crippen molar-refractivity contribution in [2.45, 2.75) is 0 Å². The van der Waals surface area contributed by atoms with E-state index in [2.05, 4.69) is 15.4 Å². The highest BCUT2D eigenvalue weighted by atomic mass is 16.1. The standard InChI is InChI=1S/C9H7N3O/c13-9-8(6-10-12-11-9)7-4-2-1-3-5-7/h1-6H,(H,10,11,13). The summed E-state index contributed by atoms with van der Waals surface area (Å²) in [6.45, 7) is 0. The van der Waals surface area contributed by atoms with Crippen molar-refractivity contribution in [1.29, 1.82) is 0 Å². The van der Waals surface area contributed by atoms with Crippen LogP contribution in [0.3, 0.4) is 0 Å². The third-order valence-corrected chi connectivity index (χ3v) is 1.73. The number of rotatable bonds is 1. The minimum atomic E-state index is -0.221. The third kappa shape index (κ3) is 1.46. The molecule has 0 atom stereocenters. The quantitative estimate of drug-likeness (QED) is 0.694. The second-order valence-corrected chi connectivity index (χ2v) is 2.57. The summed E-state index contributed by atoms with van der Waals surface area (Å²) in [6, 6.07) is 9.34. The first-order valence-electron chi connectivity index (χ1n) is 3.84. The molecule has 2 aromatic rings. The van der Waals surface area contributed by atoms with Crippen LogP contribution in [0.2, 0.25) is 0 Å². The molecule has 1 N–H and O–H groups in total. The second-order valence-electron chi connectivity index (χ2n) is 2.57. The Morgan fingerprint density at radius 1 is 1.15 bits per heavy atom. The van der Waals surface area contributed by atoms with Gasteiger partial charge in [0.05, 0.1) is 11.8 Å². The number of nitrogens with zero attached hydrogens (tertiary/aromatic N) is 2. The number of hydrogen-bond acceptors (Lipinski definition) is 3. The highest BCUT2D eigenvalue weighted by Gasteiger charge is 2.00. The van der Waals surface area contributed by atoms with Crippen LogP contribution in [0.1, 0.15) is 0 Å². The molecule has 64 valence electrons. The maximum atomic E-state index is 11.3. The smallest absolute Gasteiger partial charge is 0.267 e. The Kier molecular flexibility index (Phi) is 1.88. The van der Waals surface area contributed by atoms with Gasteiger partial charge in [0.25, 0.3) is 5.56 Å². The molecule has 0 unspecified atom stereocenters. The molecule has 0 saturated carbocycles. The van der Waals surface area contributed by atoms with Crippen LogP contribution >= 0.6 is 0 Å². The average molecular weight is 173 g/mol. The van der Waals surface area contributed by atoms with Gasteiger partial charge in [-0.05, 0) is 5.56 Å². The summed E-state index contributed by atoms with van der Waals surface area (Å²) >= 11 is 0. The van der Waals surface area contributed by atoms with Gasteiger partial charge in [-0.2, -0.15) is 0 Å². The first kappa shape index (κ1) is 7.67. The van der Waals surface area contributed by atoms with Gasteiger partial charge in [-0.3, -0.25) is 4.79 Å². The number of aromatic nitrogens is 3. The van der Waals surface area contributed by atoms with Gasteiger partial charge in [0.2, 0.25) is 0 Å². The average Bonchev–Trinajstić information content (AvgIpc) is 2.20. The van der Waals surface area contributed by atoms with Crippen LogP contribution in [-0.4, -0.2) is 15.4 Å². The SMILES string of the molecule is O=c1[nH]nncc1-c1ccccc1. The molecule has 0 bridgehead atoms. The fourth-order valence-corrected chi connectivity index (χ4v) is 1.10. The number of benzene rings is 1. The summed E-state index contributed by atoms with van der Waals surface area (Å²) in [4.78, 5) is 11.3. The molecule has 0 fully saturated rings. The largest absolute Gasteiger partial charge is 0.274 e. The zero-order valence-electron chi connectivity index (χ0n) is 6.77. The zero-order valence-corrected chi connectivity index (χ0v) is 6.77. The fourth-order valence-electron chi connectivity index (χ4n) is 1.10. The Balaban J connectivity index is 2.60. The van der Waals surface area contributed by atoms with Crippen LogP contribution in [0.25, 0.3) is 11.1 Å². The Morgan fingerprint density at radius 3 is 2.62 bits per heavy atom. The van der Waals surface area contributed by atoms with Crippen molar-refractivity contribution in [3.63, 3.8) is 0 Å². The van der Waals surface area contributed by atoms with E-state index in [9.17, 15) is 4.79 Å². The molecule has 1 heterocycles. The van der Waals surface area contributed by atoms with Gasteiger partial charge in [0.15, 0.2) is 0 Å². The molecule has 0 saturated heterocycles. The molecule has 0 aliphatic carbocycles. The summed E-state index contributed by atoms with van der Waals surface area (Å²) < 4.78 is 0. The van der Waals surface area contributed by atoms with E-state index in [-0.39, 0.29) is 5.56 Å². The topological polar surface area (TPSA) is 58.6 Å². The molecule has 2 rings (SSSR count). The van der Waals surface area contributed by atoms with E-state index in [1.54, 1.807) is 0 Å².